The minimum absolute atomic E-state index is 0.0450. The Morgan fingerprint density at radius 2 is 2.05 bits per heavy atom. The predicted octanol–water partition coefficient (Wildman–Crippen LogP) is 2.08. The smallest absolute Gasteiger partial charge is 0.270 e. The molecule has 0 spiro atoms. The topological polar surface area (TPSA) is 39.3 Å². The lowest BCUT2D eigenvalue weighted by Crippen LogP contribution is -2.48. The van der Waals surface area contributed by atoms with Gasteiger partial charge >= 0.3 is 0 Å². The van der Waals surface area contributed by atoms with Crippen molar-refractivity contribution in [1.82, 2.24) is 14.8 Å². The summed E-state index contributed by atoms with van der Waals surface area (Å²) < 4.78 is 13.7. The highest BCUT2D eigenvalue weighted by molar-refractivity contribution is 5.98. The van der Waals surface area contributed by atoms with Gasteiger partial charge in [-0.25, -0.2) is 4.39 Å². The highest BCUT2D eigenvalue weighted by atomic mass is 19.1. The van der Waals surface area contributed by atoms with E-state index in [1.165, 1.54) is 6.07 Å². The van der Waals surface area contributed by atoms with E-state index in [9.17, 15) is 9.18 Å². The molecule has 0 unspecified atom stereocenters. The van der Waals surface area contributed by atoms with Crippen LogP contribution in [0.3, 0.4) is 0 Å². The van der Waals surface area contributed by atoms with Crippen molar-refractivity contribution >= 4 is 16.8 Å². The van der Waals surface area contributed by atoms with Gasteiger partial charge in [0.05, 0.1) is 0 Å². The van der Waals surface area contributed by atoms with Gasteiger partial charge in [0.25, 0.3) is 5.91 Å². The maximum absolute atomic E-state index is 13.7. The summed E-state index contributed by atoms with van der Waals surface area (Å²) in [7, 11) is 0. The van der Waals surface area contributed by atoms with E-state index in [2.05, 4.69) is 16.8 Å². The largest absolute Gasteiger partial charge is 0.350 e. The average molecular weight is 275 g/mol. The number of aromatic amines is 1. The normalized spacial score (nSPS) is 16.8. The van der Waals surface area contributed by atoms with E-state index in [1.807, 2.05) is 4.90 Å². The van der Waals surface area contributed by atoms with Gasteiger partial charge in [0.2, 0.25) is 0 Å². The highest BCUT2D eigenvalue weighted by Crippen LogP contribution is 2.20. The number of halogens is 1. The number of aromatic nitrogens is 1. The number of carbonyl (C=O) groups excluding carboxylic acids is 1. The number of rotatable bonds is 2. The van der Waals surface area contributed by atoms with E-state index < -0.39 is 0 Å². The van der Waals surface area contributed by atoms with E-state index in [4.69, 9.17) is 0 Å². The number of piperazine rings is 1. The number of nitrogens with one attached hydrogen (secondary N) is 1. The number of fused-ring (bicyclic) bond motifs is 1. The molecule has 3 rings (SSSR count). The van der Waals surface area contributed by atoms with Crippen molar-refractivity contribution in [3.8, 4) is 0 Å². The van der Waals surface area contributed by atoms with Crippen LogP contribution in [0.2, 0.25) is 0 Å². The van der Waals surface area contributed by atoms with Gasteiger partial charge in [0.15, 0.2) is 0 Å². The summed E-state index contributed by atoms with van der Waals surface area (Å²) >= 11 is 0. The molecular formula is C15H18FN3O. The van der Waals surface area contributed by atoms with Gasteiger partial charge in [0, 0.05) is 37.1 Å². The van der Waals surface area contributed by atoms with Crippen LogP contribution in [-0.2, 0) is 0 Å². The Labute approximate surface area is 117 Å². The summed E-state index contributed by atoms with van der Waals surface area (Å²) in [5.74, 6) is -0.343. The number of benzene rings is 1. The number of H-pyrrole nitrogens is 1. The molecule has 1 aromatic heterocycles. The summed E-state index contributed by atoms with van der Waals surface area (Å²) in [5.41, 5.74) is 1.13. The number of hydrogen-bond donors (Lipinski definition) is 1. The molecule has 1 aliphatic heterocycles. The van der Waals surface area contributed by atoms with E-state index in [-0.39, 0.29) is 11.7 Å². The molecule has 5 heteroatoms. The third-order valence-corrected chi connectivity index (χ3v) is 3.95. The average Bonchev–Trinajstić information content (AvgIpc) is 2.92. The Morgan fingerprint density at radius 3 is 2.70 bits per heavy atom. The molecule has 2 heterocycles. The Morgan fingerprint density at radius 1 is 1.30 bits per heavy atom. The van der Waals surface area contributed by atoms with Crippen LogP contribution in [0, 0.1) is 5.82 Å². The quantitative estimate of drug-likeness (QED) is 0.911. The molecular weight excluding hydrogens is 257 g/mol. The zero-order valence-corrected chi connectivity index (χ0v) is 11.5. The molecule has 1 saturated heterocycles. The fraction of sp³-hybridized carbons (Fsp3) is 0.400. The molecule has 1 aromatic carbocycles. The van der Waals surface area contributed by atoms with E-state index in [1.54, 1.807) is 18.2 Å². The zero-order chi connectivity index (χ0) is 14.1. The Hall–Kier alpha value is -1.88. The van der Waals surface area contributed by atoms with Crippen LogP contribution in [0.5, 0.6) is 0 Å². The van der Waals surface area contributed by atoms with Gasteiger partial charge in [-0.2, -0.15) is 0 Å². The summed E-state index contributed by atoms with van der Waals surface area (Å²) in [6.07, 6.45) is 0. The first-order valence-corrected chi connectivity index (χ1v) is 6.98. The highest BCUT2D eigenvalue weighted by Gasteiger charge is 2.22. The number of carbonyl (C=O) groups is 1. The van der Waals surface area contributed by atoms with Crippen LogP contribution in [0.1, 0.15) is 17.4 Å². The second-order valence-electron chi connectivity index (χ2n) is 5.11. The van der Waals surface area contributed by atoms with E-state index in [0.717, 1.165) is 32.7 Å². The molecule has 1 amide bonds. The molecule has 2 aromatic rings. The van der Waals surface area contributed by atoms with Gasteiger partial charge in [-0.3, -0.25) is 4.79 Å². The fourth-order valence-corrected chi connectivity index (χ4v) is 2.67. The SMILES string of the molecule is CCN1CCN(C(=O)c2cc3c(F)cccc3[nH]2)CC1. The van der Waals surface area contributed by atoms with E-state index >= 15 is 0 Å². The molecule has 0 aliphatic carbocycles. The monoisotopic (exact) mass is 275 g/mol. The van der Waals surface area contributed by atoms with Gasteiger partial charge < -0.3 is 14.8 Å². The third-order valence-electron chi connectivity index (χ3n) is 3.95. The van der Waals surface area contributed by atoms with Crippen LogP contribution in [0.25, 0.3) is 10.9 Å². The first kappa shape index (κ1) is 13.1. The molecule has 1 fully saturated rings. The summed E-state index contributed by atoms with van der Waals surface area (Å²) in [6, 6.07) is 6.44. The maximum atomic E-state index is 13.7. The molecule has 4 nitrogen and oxygen atoms in total. The standard InChI is InChI=1S/C15H18FN3O/c1-2-18-6-8-19(9-7-18)15(20)14-10-11-12(16)4-3-5-13(11)17-14/h3-5,10,17H,2,6-9H2,1H3. The van der Waals surface area contributed by atoms with Gasteiger partial charge in [-0.15, -0.1) is 0 Å². The van der Waals surface area contributed by atoms with Crippen molar-refractivity contribution in [2.24, 2.45) is 0 Å². The van der Waals surface area contributed by atoms with Crippen LogP contribution in [0.15, 0.2) is 24.3 Å². The molecule has 0 bridgehead atoms. The van der Waals surface area contributed by atoms with Gasteiger partial charge in [-0.05, 0) is 24.7 Å². The lowest BCUT2D eigenvalue weighted by Gasteiger charge is -2.33. The van der Waals surface area contributed by atoms with Crippen LogP contribution < -0.4 is 0 Å². The second kappa shape index (κ2) is 5.25. The molecule has 0 saturated carbocycles. The lowest BCUT2D eigenvalue weighted by molar-refractivity contribution is 0.0638. The van der Waals surface area contributed by atoms with Crippen molar-refractivity contribution in [3.05, 3.63) is 35.8 Å². The first-order valence-electron chi connectivity index (χ1n) is 6.98. The van der Waals surface area contributed by atoms with Crippen molar-refractivity contribution in [2.75, 3.05) is 32.7 Å². The number of nitrogens with zero attached hydrogens (tertiary/aromatic N) is 2. The van der Waals surface area contributed by atoms with Crippen LogP contribution in [-0.4, -0.2) is 53.4 Å². The Kier molecular flexibility index (Phi) is 3.44. The van der Waals surface area contributed by atoms with E-state index in [0.29, 0.717) is 16.6 Å². The number of hydrogen-bond acceptors (Lipinski definition) is 2. The van der Waals surface area contributed by atoms with Gasteiger partial charge in [-0.1, -0.05) is 13.0 Å². The molecule has 106 valence electrons. The van der Waals surface area contributed by atoms with Crippen LogP contribution in [0.4, 0.5) is 4.39 Å². The van der Waals surface area contributed by atoms with Crippen molar-refractivity contribution < 1.29 is 9.18 Å². The third kappa shape index (κ3) is 2.29. The minimum Gasteiger partial charge on any atom is -0.350 e. The molecule has 0 radical (unpaired) electrons. The zero-order valence-electron chi connectivity index (χ0n) is 11.5. The number of amides is 1. The van der Waals surface area contributed by atoms with Crippen molar-refractivity contribution in [2.45, 2.75) is 6.92 Å². The van der Waals surface area contributed by atoms with Crippen molar-refractivity contribution in [3.63, 3.8) is 0 Å². The molecule has 1 N–H and O–H groups in total. The predicted molar refractivity (Wildman–Crippen MR) is 76.3 cm³/mol. The Bertz CT molecular complexity index is 629. The first-order chi connectivity index (χ1) is 9.69. The van der Waals surface area contributed by atoms with Crippen molar-refractivity contribution in [1.29, 1.82) is 0 Å². The lowest BCUT2D eigenvalue weighted by atomic mass is 10.2. The van der Waals surface area contributed by atoms with Gasteiger partial charge in [0.1, 0.15) is 11.5 Å². The Balaban J connectivity index is 1.81. The maximum Gasteiger partial charge on any atom is 0.270 e. The fourth-order valence-electron chi connectivity index (χ4n) is 2.67. The summed E-state index contributed by atoms with van der Waals surface area (Å²) in [4.78, 5) is 19.6. The summed E-state index contributed by atoms with van der Waals surface area (Å²) in [5, 5.41) is 0.475. The minimum atomic E-state index is -0.298. The number of likely N-dealkylation sites (N-methyl/N-ethyl adjacent to an activating group) is 1. The molecule has 1 aliphatic rings. The molecule has 0 atom stereocenters. The second-order valence-corrected chi connectivity index (χ2v) is 5.11. The van der Waals surface area contributed by atoms with Crippen LogP contribution >= 0.6 is 0 Å². The molecule has 20 heavy (non-hydrogen) atoms. The summed E-state index contributed by atoms with van der Waals surface area (Å²) in [6.45, 7) is 6.39.